The van der Waals surface area contributed by atoms with Crippen molar-refractivity contribution in [2.24, 2.45) is 0 Å². The van der Waals surface area contributed by atoms with Gasteiger partial charge in [0.2, 0.25) is 0 Å². The molecular formula is C16H15ClN2O. The van der Waals surface area contributed by atoms with Gasteiger partial charge in [0.15, 0.2) is 0 Å². The van der Waals surface area contributed by atoms with Gasteiger partial charge in [-0.25, -0.2) is 4.98 Å². The molecule has 1 N–H and O–H groups in total. The number of pyridine rings is 1. The smallest absolute Gasteiger partial charge is 0.254 e. The number of carbonyl (C=O) groups is 1. The third-order valence-electron chi connectivity index (χ3n) is 3.69. The first-order valence-corrected chi connectivity index (χ1v) is 7.10. The lowest BCUT2D eigenvalue weighted by molar-refractivity contribution is 0.0933. The molecule has 0 radical (unpaired) electrons. The molecule has 0 aliphatic heterocycles. The highest BCUT2D eigenvalue weighted by molar-refractivity contribution is 6.32. The number of rotatable bonds is 2. The van der Waals surface area contributed by atoms with Gasteiger partial charge in [0, 0.05) is 12.2 Å². The largest absolute Gasteiger partial charge is 0.349 e. The maximum absolute atomic E-state index is 12.2. The Morgan fingerprint density at radius 2 is 2.00 bits per heavy atom. The molecule has 1 unspecified atom stereocenters. The number of hydrogen-bond donors (Lipinski definition) is 1. The molecule has 3 nitrogen and oxygen atoms in total. The summed E-state index contributed by atoms with van der Waals surface area (Å²) in [4.78, 5) is 16.1. The number of hydrogen-bond acceptors (Lipinski definition) is 2. The summed E-state index contributed by atoms with van der Waals surface area (Å²) in [5.74, 6) is -0.146. The molecule has 1 aromatic carbocycles. The second kappa shape index (κ2) is 5.63. The van der Waals surface area contributed by atoms with Crippen LogP contribution in [-0.4, -0.2) is 16.9 Å². The minimum absolute atomic E-state index is 0.146. The molecule has 3 rings (SSSR count). The number of nitrogens with zero attached hydrogens (tertiary/aromatic N) is 1. The molecule has 2 aromatic rings. The van der Waals surface area contributed by atoms with Crippen LogP contribution in [0.3, 0.4) is 0 Å². The predicted molar refractivity (Wildman–Crippen MR) is 79.0 cm³/mol. The van der Waals surface area contributed by atoms with E-state index in [-0.39, 0.29) is 17.1 Å². The molecule has 102 valence electrons. The van der Waals surface area contributed by atoms with E-state index in [9.17, 15) is 4.79 Å². The van der Waals surface area contributed by atoms with Crippen LogP contribution in [0.2, 0.25) is 5.15 Å². The van der Waals surface area contributed by atoms with Crippen molar-refractivity contribution in [3.05, 3.63) is 64.4 Å². The summed E-state index contributed by atoms with van der Waals surface area (Å²) in [6.07, 6.45) is 4.41. The van der Waals surface area contributed by atoms with E-state index in [4.69, 9.17) is 11.6 Å². The van der Waals surface area contributed by atoms with Gasteiger partial charge in [0.25, 0.3) is 5.91 Å². The summed E-state index contributed by atoms with van der Waals surface area (Å²) in [5.41, 5.74) is 3.15. The lowest BCUT2D eigenvalue weighted by Gasteiger charge is -2.25. The molecule has 1 heterocycles. The summed E-state index contributed by atoms with van der Waals surface area (Å²) >= 11 is 5.95. The lowest BCUT2D eigenvalue weighted by Crippen LogP contribution is -2.39. The molecule has 0 spiro atoms. The number of aromatic nitrogens is 1. The molecule has 0 saturated carbocycles. The van der Waals surface area contributed by atoms with Crippen LogP contribution in [0.5, 0.6) is 0 Å². The van der Waals surface area contributed by atoms with Crippen LogP contribution in [0, 0.1) is 0 Å². The van der Waals surface area contributed by atoms with Gasteiger partial charge in [-0.15, -0.1) is 0 Å². The Hall–Kier alpha value is -1.87. The van der Waals surface area contributed by atoms with Crippen LogP contribution in [0.25, 0.3) is 0 Å². The molecule has 0 fully saturated rings. The van der Waals surface area contributed by atoms with E-state index in [0.29, 0.717) is 5.56 Å². The van der Waals surface area contributed by atoms with Gasteiger partial charge in [0.05, 0.1) is 5.56 Å². The van der Waals surface area contributed by atoms with Crippen LogP contribution < -0.4 is 5.32 Å². The quantitative estimate of drug-likeness (QED) is 0.862. The van der Waals surface area contributed by atoms with Crippen LogP contribution in [0.15, 0.2) is 42.6 Å². The monoisotopic (exact) mass is 286 g/mol. The molecule has 1 aliphatic rings. The van der Waals surface area contributed by atoms with Crippen molar-refractivity contribution in [3.8, 4) is 0 Å². The first-order chi connectivity index (χ1) is 9.74. The number of fused-ring (bicyclic) bond motifs is 1. The molecule has 1 aliphatic carbocycles. The Bertz CT molecular complexity index is 642. The van der Waals surface area contributed by atoms with E-state index in [1.165, 1.54) is 11.1 Å². The van der Waals surface area contributed by atoms with Gasteiger partial charge in [-0.3, -0.25) is 4.79 Å². The van der Waals surface area contributed by atoms with Gasteiger partial charge in [-0.1, -0.05) is 35.9 Å². The van der Waals surface area contributed by atoms with Crippen molar-refractivity contribution in [2.75, 3.05) is 0 Å². The third-order valence-corrected chi connectivity index (χ3v) is 3.99. The zero-order valence-corrected chi connectivity index (χ0v) is 11.7. The van der Waals surface area contributed by atoms with Crippen LogP contribution in [-0.2, 0) is 12.8 Å². The molecule has 4 heteroatoms. The molecular weight excluding hydrogens is 272 g/mol. The fraction of sp³-hybridized carbons (Fsp3) is 0.250. The molecule has 1 amide bonds. The second-order valence-electron chi connectivity index (χ2n) is 5.02. The molecule has 1 aromatic heterocycles. The number of halogens is 1. The van der Waals surface area contributed by atoms with Gasteiger partial charge in [-0.2, -0.15) is 0 Å². The Kier molecular flexibility index (Phi) is 3.70. The van der Waals surface area contributed by atoms with Gasteiger partial charge < -0.3 is 5.32 Å². The van der Waals surface area contributed by atoms with Gasteiger partial charge in [0.1, 0.15) is 5.15 Å². The van der Waals surface area contributed by atoms with Crippen LogP contribution >= 0.6 is 11.6 Å². The summed E-state index contributed by atoms with van der Waals surface area (Å²) in [5, 5.41) is 3.30. The highest BCUT2D eigenvalue weighted by atomic mass is 35.5. The minimum atomic E-state index is -0.146. The summed E-state index contributed by atoms with van der Waals surface area (Å²) in [7, 11) is 0. The summed E-state index contributed by atoms with van der Waals surface area (Å²) < 4.78 is 0. The van der Waals surface area contributed by atoms with Gasteiger partial charge >= 0.3 is 0 Å². The van der Waals surface area contributed by atoms with Gasteiger partial charge in [-0.05, 0) is 42.5 Å². The van der Waals surface area contributed by atoms with E-state index >= 15 is 0 Å². The number of nitrogens with one attached hydrogen (secondary N) is 1. The van der Waals surface area contributed by atoms with Crippen molar-refractivity contribution >= 4 is 17.5 Å². The number of benzene rings is 1. The van der Waals surface area contributed by atoms with E-state index in [0.717, 1.165) is 19.3 Å². The third kappa shape index (κ3) is 2.68. The van der Waals surface area contributed by atoms with Crippen molar-refractivity contribution < 1.29 is 4.79 Å². The first kappa shape index (κ1) is 13.1. The maximum Gasteiger partial charge on any atom is 0.254 e. The van der Waals surface area contributed by atoms with Crippen molar-refractivity contribution in [1.82, 2.24) is 10.3 Å². The first-order valence-electron chi connectivity index (χ1n) is 6.72. The van der Waals surface area contributed by atoms with Crippen molar-refractivity contribution in [3.63, 3.8) is 0 Å². The Balaban J connectivity index is 1.71. The zero-order chi connectivity index (χ0) is 13.9. The standard InChI is InChI=1S/C16H15ClN2O/c17-15-14(6-3-9-18-15)16(20)19-13-8-7-11-4-1-2-5-12(11)10-13/h1-6,9,13H,7-8,10H2,(H,19,20). The maximum atomic E-state index is 12.2. The Morgan fingerprint density at radius 1 is 1.20 bits per heavy atom. The minimum Gasteiger partial charge on any atom is -0.349 e. The fourth-order valence-electron chi connectivity index (χ4n) is 2.64. The molecule has 0 bridgehead atoms. The molecule has 20 heavy (non-hydrogen) atoms. The zero-order valence-electron chi connectivity index (χ0n) is 11.0. The Labute approximate surface area is 123 Å². The predicted octanol–water partition coefficient (Wildman–Crippen LogP) is 3.02. The number of carbonyl (C=O) groups excluding carboxylic acids is 1. The van der Waals surface area contributed by atoms with Crippen LogP contribution in [0.1, 0.15) is 27.9 Å². The normalized spacial score (nSPS) is 17.4. The highest BCUT2D eigenvalue weighted by Crippen LogP contribution is 2.21. The van der Waals surface area contributed by atoms with Crippen LogP contribution in [0.4, 0.5) is 0 Å². The topological polar surface area (TPSA) is 42.0 Å². The van der Waals surface area contributed by atoms with E-state index in [2.05, 4.69) is 28.5 Å². The van der Waals surface area contributed by atoms with Crippen molar-refractivity contribution in [1.29, 1.82) is 0 Å². The van der Waals surface area contributed by atoms with E-state index in [1.54, 1.807) is 18.3 Å². The molecule has 1 atom stereocenters. The Morgan fingerprint density at radius 3 is 2.80 bits per heavy atom. The second-order valence-corrected chi connectivity index (χ2v) is 5.38. The van der Waals surface area contributed by atoms with E-state index in [1.807, 2.05) is 6.07 Å². The summed E-state index contributed by atoms with van der Waals surface area (Å²) in [6.45, 7) is 0. The molecule has 0 saturated heterocycles. The number of aryl methyl sites for hydroxylation is 1. The highest BCUT2D eigenvalue weighted by Gasteiger charge is 2.21. The summed E-state index contributed by atoms with van der Waals surface area (Å²) in [6, 6.07) is 12.0. The fourth-order valence-corrected chi connectivity index (χ4v) is 2.84. The average molecular weight is 287 g/mol. The number of amides is 1. The van der Waals surface area contributed by atoms with E-state index < -0.39 is 0 Å². The van der Waals surface area contributed by atoms with Crippen molar-refractivity contribution in [2.45, 2.75) is 25.3 Å². The average Bonchev–Trinajstić information content (AvgIpc) is 2.47. The lowest BCUT2D eigenvalue weighted by atomic mass is 9.88. The SMILES string of the molecule is O=C(NC1CCc2ccccc2C1)c1cccnc1Cl.